The molecule has 0 aliphatic rings. The van der Waals surface area contributed by atoms with E-state index in [2.05, 4.69) is 0 Å². The van der Waals surface area contributed by atoms with E-state index in [-0.39, 0.29) is 12.3 Å². The van der Waals surface area contributed by atoms with E-state index < -0.39 is 12.0 Å². The van der Waals surface area contributed by atoms with Crippen LogP contribution in [0.1, 0.15) is 5.56 Å². The molecule has 0 saturated heterocycles. The van der Waals surface area contributed by atoms with E-state index in [1.54, 1.807) is 24.3 Å². The smallest absolute Gasteiger partial charge is 0.320 e. The number of nitrogens with two attached hydrogens (primary N) is 1. The molecule has 6 nitrogen and oxygen atoms in total. The lowest BCUT2D eigenvalue weighted by Crippen LogP contribution is -2.32. The first-order valence-electron chi connectivity index (χ1n) is 5.01. The zero-order chi connectivity index (χ0) is 12.6. The zero-order valence-corrected chi connectivity index (χ0v) is 8.87. The lowest BCUT2D eigenvalue weighted by atomic mass is 10.1. The molecule has 1 unspecified atom stereocenters. The molecular weight excluding hydrogens is 224 g/mol. The van der Waals surface area contributed by atoms with E-state index in [0.717, 1.165) is 0 Å². The third-order valence-corrected chi connectivity index (χ3v) is 2.67. The van der Waals surface area contributed by atoms with Gasteiger partial charge in [-0.3, -0.25) is 4.79 Å². The quantitative estimate of drug-likeness (QED) is 0.581. The van der Waals surface area contributed by atoms with Crippen LogP contribution in [0.15, 0.2) is 24.3 Å². The number of aromatic hydroxyl groups is 1. The second-order valence-electron chi connectivity index (χ2n) is 3.78. The van der Waals surface area contributed by atoms with Gasteiger partial charge in [-0.25, -0.2) is 0 Å². The van der Waals surface area contributed by atoms with Crippen LogP contribution >= 0.6 is 0 Å². The Kier molecular flexibility index (Phi) is 2.64. The Labute approximate surface area is 96.5 Å². The summed E-state index contributed by atoms with van der Waals surface area (Å²) in [6.07, 6.45) is -0.0464. The van der Waals surface area contributed by atoms with Crippen LogP contribution in [0.25, 0.3) is 10.9 Å². The van der Waals surface area contributed by atoms with Gasteiger partial charge in [-0.15, -0.1) is 0 Å². The first kappa shape index (κ1) is 11.3. The van der Waals surface area contributed by atoms with Crippen molar-refractivity contribution in [1.29, 1.82) is 0 Å². The van der Waals surface area contributed by atoms with Crippen LogP contribution in [-0.4, -0.2) is 32.2 Å². The van der Waals surface area contributed by atoms with Crippen molar-refractivity contribution in [2.45, 2.75) is 12.5 Å². The van der Waals surface area contributed by atoms with Gasteiger partial charge in [0, 0.05) is 17.4 Å². The van der Waals surface area contributed by atoms with Crippen molar-refractivity contribution < 1.29 is 20.2 Å². The second kappa shape index (κ2) is 3.99. The lowest BCUT2D eigenvalue weighted by molar-refractivity contribution is -0.138. The largest absolute Gasteiger partial charge is 0.492 e. The molecule has 0 aliphatic carbocycles. The van der Waals surface area contributed by atoms with Gasteiger partial charge in [0.15, 0.2) is 0 Å². The van der Waals surface area contributed by atoms with Crippen molar-refractivity contribution in [3.05, 3.63) is 29.8 Å². The molecule has 0 aliphatic heterocycles. The highest BCUT2D eigenvalue weighted by Crippen LogP contribution is 2.30. The molecule has 1 heterocycles. The fourth-order valence-corrected chi connectivity index (χ4v) is 1.78. The molecule has 5 N–H and O–H groups in total. The minimum atomic E-state index is -1.15. The molecule has 0 bridgehead atoms. The maximum absolute atomic E-state index is 10.7. The van der Waals surface area contributed by atoms with Gasteiger partial charge in [-0.05, 0) is 6.07 Å². The third kappa shape index (κ3) is 1.78. The lowest BCUT2D eigenvalue weighted by Gasteiger charge is -2.05. The summed E-state index contributed by atoms with van der Waals surface area (Å²) in [5.74, 6) is -1.53. The van der Waals surface area contributed by atoms with Gasteiger partial charge in [0.1, 0.15) is 6.04 Å². The van der Waals surface area contributed by atoms with Crippen molar-refractivity contribution in [3.8, 4) is 5.88 Å². The maximum Gasteiger partial charge on any atom is 0.320 e. The third-order valence-electron chi connectivity index (χ3n) is 2.67. The van der Waals surface area contributed by atoms with E-state index in [9.17, 15) is 15.1 Å². The predicted octanol–water partition coefficient (Wildman–Crippen LogP) is 0.539. The number of hydrogen-bond donors (Lipinski definition) is 4. The Morgan fingerprint density at radius 2 is 2.06 bits per heavy atom. The highest BCUT2D eigenvalue weighted by Gasteiger charge is 2.21. The van der Waals surface area contributed by atoms with Gasteiger partial charge in [0.25, 0.3) is 0 Å². The van der Waals surface area contributed by atoms with Crippen LogP contribution in [-0.2, 0) is 11.2 Å². The number of benzene rings is 1. The zero-order valence-electron chi connectivity index (χ0n) is 8.87. The number of para-hydroxylation sites is 1. The standard InChI is InChI=1S/C11H12N2O4/c12-8(11(15)16)5-7-6-3-1-2-4-9(6)13(17)10(7)14/h1-4,8,14,17H,5,12H2,(H,15,16). The van der Waals surface area contributed by atoms with Crippen molar-refractivity contribution in [1.82, 2.24) is 4.73 Å². The van der Waals surface area contributed by atoms with Crippen LogP contribution in [0.5, 0.6) is 5.88 Å². The predicted molar refractivity (Wildman–Crippen MR) is 60.1 cm³/mol. The average Bonchev–Trinajstić information content (AvgIpc) is 2.55. The highest BCUT2D eigenvalue weighted by atomic mass is 16.5. The number of hydrogen-bond acceptors (Lipinski definition) is 4. The molecule has 17 heavy (non-hydrogen) atoms. The molecule has 1 atom stereocenters. The molecule has 2 aromatic rings. The summed E-state index contributed by atoms with van der Waals surface area (Å²) in [4.78, 5) is 10.7. The Hall–Kier alpha value is -2.21. The minimum Gasteiger partial charge on any atom is -0.492 e. The van der Waals surface area contributed by atoms with Gasteiger partial charge in [0.05, 0.1) is 5.52 Å². The van der Waals surface area contributed by atoms with Gasteiger partial charge < -0.3 is 21.2 Å². The van der Waals surface area contributed by atoms with Crippen LogP contribution in [0.2, 0.25) is 0 Å². The van der Waals surface area contributed by atoms with Crippen molar-refractivity contribution in [3.63, 3.8) is 0 Å². The normalized spacial score (nSPS) is 12.8. The average molecular weight is 236 g/mol. The van der Waals surface area contributed by atoms with Crippen LogP contribution in [0, 0.1) is 0 Å². The summed E-state index contributed by atoms with van der Waals surface area (Å²) in [5.41, 5.74) is 6.16. The summed E-state index contributed by atoms with van der Waals surface area (Å²) in [6, 6.07) is 5.62. The number of aliphatic carboxylic acids is 1. The summed E-state index contributed by atoms with van der Waals surface area (Å²) < 4.78 is 0.624. The first-order chi connectivity index (χ1) is 8.02. The van der Waals surface area contributed by atoms with Crippen LogP contribution in [0.3, 0.4) is 0 Å². The Balaban J connectivity index is 2.53. The fourth-order valence-electron chi connectivity index (χ4n) is 1.78. The fraction of sp³-hybridized carbons (Fsp3) is 0.182. The van der Waals surface area contributed by atoms with E-state index in [1.165, 1.54) is 0 Å². The molecule has 0 fully saturated rings. The molecule has 2 rings (SSSR count). The van der Waals surface area contributed by atoms with E-state index >= 15 is 0 Å². The van der Waals surface area contributed by atoms with Crippen LogP contribution in [0.4, 0.5) is 0 Å². The summed E-state index contributed by atoms with van der Waals surface area (Å²) in [7, 11) is 0. The van der Waals surface area contributed by atoms with Crippen molar-refractivity contribution >= 4 is 16.9 Å². The molecule has 0 radical (unpaired) electrons. The monoisotopic (exact) mass is 236 g/mol. The summed E-state index contributed by atoms with van der Waals surface area (Å²) >= 11 is 0. The Bertz CT molecular complexity index is 576. The van der Waals surface area contributed by atoms with Crippen molar-refractivity contribution in [2.24, 2.45) is 5.73 Å². The molecule has 0 amide bonds. The number of carbonyl (C=O) groups is 1. The van der Waals surface area contributed by atoms with Crippen LogP contribution < -0.4 is 5.73 Å². The van der Waals surface area contributed by atoms with E-state index in [1.807, 2.05) is 0 Å². The number of aromatic nitrogens is 1. The molecular formula is C11H12N2O4. The molecule has 0 saturated carbocycles. The highest BCUT2D eigenvalue weighted by molar-refractivity contribution is 5.87. The topological polar surface area (TPSA) is 109 Å². The van der Waals surface area contributed by atoms with Crippen molar-refractivity contribution in [2.75, 3.05) is 0 Å². The summed E-state index contributed by atoms with van der Waals surface area (Å²) in [5, 5.41) is 28.6. The van der Waals surface area contributed by atoms with Gasteiger partial charge in [-0.2, -0.15) is 4.73 Å². The van der Waals surface area contributed by atoms with Gasteiger partial charge in [0.2, 0.25) is 5.88 Å². The molecule has 1 aromatic carbocycles. The molecule has 0 spiro atoms. The Morgan fingerprint density at radius 1 is 1.41 bits per heavy atom. The number of carboxylic acid groups (broad SMARTS) is 1. The molecule has 6 heteroatoms. The van der Waals surface area contributed by atoms with Gasteiger partial charge >= 0.3 is 5.97 Å². The molecule has 1 aromatic heterocycles. The first-order valence-corrected chi connectivity index (χ1v) is 5.01. The SMILES string of the molecule is NC(Cc1c(O)n(O)c2ccccc12)C(=O)O. The van der Waals surface area contributed by atoms with E-state index in [0.29, 0.717) is 21.2 Å². The number of carboxylic acids is 1. The second-order valence-corrected chi connectivity index (χ2v) is 3.78. The molecule has 90 valence electrons. The van der Waals surface area contributed by atoms with Gasteiger partial charge in [-0.1, -0.05) is 18.2 Å². The maximum atomic E-state index is 10.7. The number of rotatable bonds is 3. The summed E-state index contributed by atoms with van der Waals surface area (Å²) in [6.45, 7) is 0. The number of nitrogens with zero attached hydrogens (tertiary/aromatic N) is 1. The minimum absolute atomic E-state index is 0.0464. The Morgan fingerprint density at radius 3 is 2.71 bits per heavy atom. The van der Waals surface area contributed by atoms with E-state index in [4.69, 9.17) is 10.8 Å². The number of fused-ring (bicyclic) bond motifs is 1.